The first-order chi connectivity index (χ1) is 7.22. The minimum atomic E-state index is 0.0385. The number of nitrogens with one attached hydrogen (secondary N) is 1. The Morgan fingerprint density at radius 1 is 1.40 bits per heavy atom. The van der Waals surface area contributed by atoms with Gasteiger partial charge in [-0.05, 0) is 7.05 Å². The number of hydrogen-bond donors (Lipinski definition) is 2. The van der Waals surface area contributed by atoms with Gasteiger partial charge in [-0.2, -0.15) is 0 Å². The van der Waals surface area contributed by atoms with Crippen LogP contribution in [-0.4, -0.2) is 68.6 Å². The number of carbonyl (C=O) groups is 1. The van der Waals surface area contributed by atoms with E-state index in [-0.39, 0.29) is 5.91 Å². The number of nitrogens with two attached hydrogens (primary N) is 1. The normalized spacial score (nSPS) is 19.1. The van der Waals surface area contributed by atoms with E-state index in [4.69, 9.17) is 5.90 Å². The lowest BCUT2D eigenvalue weighted by molar-refractivity contribution is -0.122. The van der Waals surface area contributed by atoms with E-state index in [1.165, 1.54) is 0 Å². The summed E-state index contributed by atoms with van der Waals surface area (Å²) in [7, 11) is 2.09. The molecule has 1 amide bonds. The van der Waals surface area contributed by atoms with Crippen molar-refractivity contribution in [2.24, 2.45) is 5.90 Å². The largest absolute Gasteiger partial charge is 0.353 e. The van der Waals surface area contributed by atoms with E-state index in [1.807, 2.05) is 0 Å². The van der Waals surface area contributed by atoms with Gasteiger partial charge in [-0.15, -0.1) is 0 Å². The highest BCUT2D eigenvalue weighted by Gasteiger charge is 2.15. The van der Waals surface area contributed by atoms with Crippen LogP contribution in [0.2, 0.25) is 0 Å². The van der Waals surface area contributed by atoms with Gasteiger partial charge in [0.2, 0.25) is 5.91 Å². The standard InChI is InChI=1S/C9H20N4O2/c1-12-3-5-13(6-4-12)8-9(14)11-2-7-15-10/h2-8,10H2,1H3,(H,11,14)/i8+1,13+1. The number of piperazine rings is 1. The Labute approximate surface area is 90.3 Å². The zero-order valence-electron chi connectivity index (χ0n) is 9.24. The number of carbonyl (C=O) groups excluding carboxylic acids is 1. The Bertz CT molecular complexity index is 193. The van der Waals surface area contributed by atoms with Crippen LogP contribution in [0.25, 0.3) is 0 Å². The average Bonchev–Trinajstić information content (AvgIpc) is 2.22. The topological polar surface area (TPSA) is 70.8 Å². The number of likely N-dealkylation sites (N-methyl/N-ethyl adjacent to an activating group) is 1. The van der Waals surface area contributed by atoms with Crippen molar-refractivity contribution >= 4 is 5.91 Å². The van der Waals surface area contributed by atoms with Crippen molar-refractivity contribution in [3.05, 3.63) is 0 Å². The Hall–Kier alpha value is -0.690. The maximum atomic E-state index is 11.4. The molecule has 15 heavy (non-hydrogen) atoms. The van der Waals surface area contributed by atoms with Crippen LogP contribution >= 0.6 is 0 Å². The molecule has 0 bridgehead atoms. The van der Waals surface area contributed by atoms with Crippen LogP contribution in [0.1, 0.15) is 0 Å². The second-order valence-electron chi connectivity index (χ2n) is 3.80. The highest BCUT2D eigenvalue weighted by Crippen LogP contribution is 1.97. The zero-order chi connectivity index (χ0) is 11.1. The lowest BCUT2D eigenvalue weighted by atomic mass is 10.4. The molecular weight excluding hydrogens is 198 g/mol. The van der Waals surface area contributed by atoms with E-state index >= 15 is 0 Å². The molecule has 0 aromatic rings. The van der Waals surface area contributed by atoms with Crippen molar-refractivity contribution in [3.63, 3.8) is 0 Å². The predicted octanol–water partition coefficient (Wildman–Crippen LogP) is -1.76. The third-order valence-corrected chi connectivity index (χ3v) is 2.51. The molecular formula is C9H20N4O2. The van der Waals surface area contributed by atoms with Gasteiger partial charge < -0.3 is 15.1 Å². The monoisotopic (exact) mass is 218 g/mol. The molecule has 1 rings (SSSR count). The lowest BCUT2D eigenvalue weighted by Crippen LogP contribution is -2.48. The summed E-state index contributed by atoms with van der Waals surface area (Å²) in [6.45, 7) is 5.27. The van der Waals surface area contributed by atoms with E-state index in [9.17, 15) is 4.79 Å². The summed E-state index contributed by atoms with van der Waals surface area (Å²) < 4.78 is 0. The summed E-state index contributed by atoms with van der Waals surface area (Å²) in [5.74, 6) is 4.89. The number of hydrogen-bond acceptors (Lipinski definition) is 5. The van der Waals surface area contributed by atoms with Crippen molar-refractivity contribution in [1.29, 1.82) is 0 Å². The first kappa shape index (κ1) is 12.4. The first-order valence-electron chi connectivity index (χ1n) is 5.21. The summed E-state index contributed by atoms with van der Waals surface area (Å²) in [4.78, 5) is 20.2. The van der Waals surface area contributed by atoms with Gasteiger partial charge >= 0.3 is 0 Å². The van der Waals surface area contributed by atoms with Gasteiger partial charge in [0.25, 0.3) is 0 Å². The number of amides is 1. The van der Waals surface area contributed by atoms with Crippen LogP contribution in [0, 0.1) is 0 Å². The minimum absolute atomic E-state index is 0.0385. The fourth-order valence-corrected chi connectivity index (χ4v) is 1.51. The molecule has 3 N–H and O–H groups in total. The average molecular weight is 218 g/mol. The fourth-order valence-electron chi connectivity index (χ4n) is 1.51. The molecule has 1 fully saturated rings. The molecule has 1 saturated heterocycles. The molecule has 6 heteroatoms. The van der Waals surface area contributed by atoms with Crippen molar-refractivity contribution in [1.82, 2.24) is 15.1 Å². The third kappa shape index (κ3) is 5.08. The molecule has 0 spiro atoms. The predicted molar refractivity (Wildman–Crippen MR) is 57.1 cm³/mol. The molecule has 0 saturated carbocycles. The SMILES string of the molecule is CN1CC[15N]([13CH2]C(=O)NCCON)CC1. The molecule has 0 unspecified atom stereocenters. The van der Waals surface area contributed by atoms with Gasteiger partial charge in [0.05, 0.1) is 13.2 Å². The first-order valence-corrected chi connectivity index (χ1v) is 5.21. The minimum Gasteiger partial charge on any atom is -0.353 e. The third-order valence-electron chi connectivity index (χ3n) is 2.51. The molecule has 0 aromatic heterocycles. The smallest absolute Gasteiger partial charge is 0.234 e. The van der Waals surface area contributed by atoms with Crippen LogP contribution in [0.3, 0.4) is 0 Å². The Morgan fingerprint density at radius 3 is 2.67 bits per heavy atom. The molecule has 88 valence electrons. The highest BCUT2D eigenvalue weighted by molar-refractivity contribution is 5.77. The summed E-state index contributed by atoms with van der Waals surface area (Å²) in [5.41, 5.74) is 0. The molecule has 0 atom stereocenters. The van der Waals surface area contributed by atoms with Gasteiger partial charge in [0.1, 0.15) is 0 Å². The summed E-state index contributed by atoms with van der Waals surface area (Å²) in [5, 5.41) is 2.74. The van der Waals surface area contributed by atoms with E-state index in [0.29, 0.717) is 19.7 Å². The molecule has 0 radical (unpaired) electrons. The maximum Gasteiger partial charge on any atom is 0.234 e. The van der Waals surface area contributed by atoms with E-state index in [0.717, 1.165) is 26.2 Å². The van der Waals surface area contributed by atoms with Crippen LogP contribution < -0.4 is 11.2 Å². The highest BCUT2D eigenvalue weighted by atomic mass is 16.6. The summed E-state index contributed by atoms with van der Waals surface area (Å²) in [6.07, 6.45) is 0. The molecule has 1 aliphatic rings. The molecule has 1 aliphatic heterocycles. The molecule has 6 nitrogen and oxygen atoms in total. The van der Waals surface area contributed by atoms with Crippen LogP contribution in [0.4, 0.5) is 0 Å². The van der Waals surface area contributed by atoms with Crippen molar-refractivity contribution < 1.29 is 9.63 Å². The van der Waals surface area contributed by atoms with E-state index in [1.54, 1.807) is 0 Å². The van der Waals surface area contributed by atoms with Gasteiger partial charge in [-0.3, -0.25) is 9.69 Å². The van der Waals surface area contributed by atoms with Gasteiger partial charge in [-0.1, -0.05) is 0 Å². The fraction of sp³-hybridized carbons (Fsp3) is 0.889. The Kier molecular flexibility index (Phi) is 5.56. The van der Waals surface area contributed by atoms with Crippen molar-refractivity contribution in [3.8, 4) is 0 Å². The van der Waals surface area contributed by atoms with E-state index < -0.39 is 0 Å². The summed E-state index contributed by atoms with van der Waals surface area (Å²) >= 11 is 0. The van der Waals surface area contributed by atoms with Gasteiger partial charge in [-0.25, -0.2) is 5.90 Å². The Balaban J connectivity index is 2.09. The van der Waals surface area contributed by atoms with Crippen LogP contribution in [0.5, 0.6) is 0 Å². The van der Waals surface area contributed by atoms with Crippen molar-refractivity contribution in [2.75, 3.05) is 52.9 Å². The number of rotatable bonds is 5. The second kappa shape index (κ2) is 6.73. The second-order valence-corrected chi connectivity index (χ2v) is 3.80. The number of nitrogens with zero attached hydrogens (tertiary/aromatic N) is 2. The Morgan fingerprint density at radius 2 is 2.07 bits per heavy atom. The van der Waals surface area contributed by atoms with Gasteiger partial charge in [0, 0.05) is 32.7 Å². The molecule has 0 aliphatic carbocycles. The molecule has 0 aromatic carbocycles. The van der Waals surface area contributed by atoms with Crippen molar-refractivity contribution in [2.45, 2.75) is 0 Å². The van der Waals surface area contributed by atoms with E-state index in [2.05, 4.69) is 27.0 Å². The molecule has 1 heterocycles. The van der Waals surface area contributed by atoms with Gasteiger partial charge in [0.15, 0.2) is 0 Å². The summed E-state index contributed by atoms with van der Waals surface area (Å²) in [6, 6.07) is 0. The van der Waals surface area contributed by atoms with Crippen LogP contribution in [0.15, 0.2) is 0 Å². The lowest BCUT2D eigenvalue weighted by Gasteiger charge is -2.31. The zero-order valence-corrected chi connectivity index (χ0v) is 9.24. The van der Waals surface area contributed by atoms with Crippen LogP contribution in [-0.2, 0) is 9.63 Å². The maximum absolute atomic E-state index is 11.4. The quantitative estimate of drug-likeness (QED) is 0.248.